The minimum atomic E-state index is 1.27. The van der Waals surface area contributed by atoms with Crippen LogP contribution in [0.15, 0.2) is 0 Å². The van der Waals surface area contributed by atoms with Gasteiger partial charge in [-0.15, -0.1) is 11.8 Å². The molecule has 0 rings (SSSR count). The first-order valence-electron chi connectivity index (χ1n) is 0.862. The molecule has 1 radical (unpaired) electrons. The second kappa shape index (κ2) is 3.02. The van der Waals surface area contributed by atoms with Crippen LogP contribution < -0.4 is 0 Å². The number of hydrogen-bond acceptors (Lipinski definition) is 2. The molecule has 0 saturated carbocycles. The van der Waals surface area contributed by atoms with Crippen molar-refractivity contribution >= 4 is 17.3 Å². The molecule has 0 amide bonds. The average Bonchev–Trinajstić information content (AvgIpc) is 1.37. The highest BCUT2D eigenvalue weighted by molar-refractivity contribution is 8.11. The monoisotopic (exact) mass is 74.0 g/mol. The fourth-order valence-corrected chi connectivity index (χ4v) is 0. The summed E-state index contributed by atoms with van der Waals surface area (Å²) in [6.45, 7) is 0. The zero-order valence-corrected chi connectivity index (χ0v) is 3.22. The van der Waals surface area contributed by atoms with Gasteiger partial charge in [-0.3, -0.25) is 5.41 Å². The Morgan fingerprint density at radius 3 is 2.25 bits per heavy atom. The summed E-state index contributed by atoms with van der Waals surface area (Å²) in [6.07, 6.45) is 1.80. The molecule has 4 heavy (non-hydrogen) atoms. The summed E-state index contributed by atoms with van der Waals surface area (Å²) in [5, 5.41) is 6.16. The van der Waals surface area contributed by atoms with Crippen molar-refractivity contribution in [3.63, 3.8) is 0 Å². The van der Waals surface area contributed by atoms with Crippen LogP contribution >= 0.6 is 11.8 Å². The van der Waals surface area contributed by atoms with Gasteiger partial charge in [0.05, 0.1) is 0 Å². The van der Waals surface area contributed by atoms with E-state index in [4.69, 9.17) is 5.41 Å². The molecule has 0 heterocycles. The summed E-state index contributed by atoms with van der Waals surface area (Å²) in [4.78, 5) is 0. The Bertz CT molecular complexity index is 20.0. The molecule has 0 aliphatic heterocycles. The molecule has 0 saturated heterocycles. The van der Waals surface area contributed by atoms with Crippen LogP contribution in [-0.4, -0.2) is 11.8 Å². The number of rotatable bonds is 1. The fraction of sp³-hybridized carbons (Fsp3) is 0.500. The average molecular weight is 74.1 g/mol. The van der Waals surface area contributed by atoms with Gasteiger partial charge >= 0.3 is 0 Å². The lowest BCUT2D eigenvalue weighted by Crippen LogP contribution is -1.42. The van der Waals surface area contributed by atoms with Gasteiger partial charge in [-0.05, 0) is 6.26 Å². The summed E-state index contributed by atoms with van der Waals surface area (Å²) < 4.78 is 0. The topological polar surface area (TPSA) is 23.9 Å². The van der Waals surface area contributed by atoms with E-state index < -0.39 is 0 Å². The molecule has 0 aromatic carbocycles. The summed E-state index contributed by atoms with van der Waals surface area (Å²) in [5.41, 5.74) is 2.10. The van der Waals surface area contributed by atoms with Gasteiger partial charge < -0.3 is 0 Å². The van der Waals surface area contributed by atoms with Gasteiger partial charge in [0.25, 0.3) is 0 Å². The zero-order valence-electron chi connectivity index (χ0n) is 2.41. The number of thioether (sulfide) groups is 1. The largest absolute Gasteiger partial charge is 0.292 e. The molecule has 0 bridgehead atoms. The van der Waals surface area contributed by atoms with Crippen molar-refractivity contribution in [1.29, 1.82) is 5.41 Å². The summed E-state index contributed by atoms with van der Waals surface area (Å²) in [7, 11) is 0. The van der Waals surface area contributed by atoms with Crippen LogP contribution in [-0.2, 0) is 0 Å². The summed E-state index contributed by atoms with van der Waals surface area (Å²) in [6, 6.07) is 0. The Balaban J connectivity index is 2.30. The molecule has 0 aromatic heterocycles. The van der Waals surface area contributed by atoms with Crippen LogP contribution in [0.5, 0.6) is 0 Å². The van der Waals surface area contributed by atoms with Crippen LogP contribution in [0.4, 0.5) is 0 Å². The van der Waals surface area contributed by atoms with Crippen LogP contribution in [0.3, 0.4) is 0 Å². The highest BCUT2D eigenvalue weighted by Gasteiger charge is 1.48. The van der Waals surface area contributed by atoms with Crippen molar-refractivity contribution in [2.75, 3.05) is 6.26 Å². The molecule has 0 aliphatic rings. The van der Waals surface area contributed by atoms with E-state index in [9.17, 15) is 0 Å². The molecule has 1 N–H and O–H groups in total. The van der Waals surface area contributed by atoms with Crippen molar-refractivity contribution in [2.24, 2.45) is 0 Å². The van der Waals surface area contributed by atoms with E-state index in [0.717, 1.165) is 0 Å². The lowest BCUT2D eigenvalue weighted by Gasteiger charge is -1.55. The van der Waals surface area contributed by atoms with Crippen LogP contribution in [0, 0.1) is 5.41 Å². The van der Waals surface area contributed by atoms with Gasteiger partial charge in [-0.2, -0.15) is 0 Å². The first-order valence-corrected chi connectivity index (χ1v) is 2.09. The smallest absolute Gasteiger partial charge is 0.119 e. The second-order valence-corrected chi connectivity index (χ2v) is 0.919. The number of hydrogen-bond donors (Lipinski definition) is 1. The second-order valence-electron chi connectivity index (χ2n) is 0.306. The molecule has 23 valence electrons. The van der Waals surface area contributed by atoms with Crippen molar-refractivity contribution in [3.8, 4) is 0 Å². The zero-order chi connectivity index (χ0) is 3.41. The Labute approximate surface area is 29.9 Å². The van der Waals surface area contributed by atoms with E-state index in [2.05, 4.69) is 5.55 Å². The molecule has 2 heteroatoms. The standard InChI is InChI=1S/C2H4NS/c1-4-2-3/h3H,1H3. The Kier molecular flexibility index (Phi) is 3.04. The number of nitrogens with one attached hydrogen (secondary N) is 1. The first kappa shape index (κ1) is 4.02. The van der Waals surface area contributed by atoms with Gasteiger partial charge in [0.15, 0.2) is 0 Å². The minimum absolute atomic E-state index is 1.27. The third-order valence-electron chi connectivity index (χ3n) is 0.102. The molecule has 0 fully saturated rings. The van der Waals surface area contributed by atoms with Crippen LogP contribution in [0.2, 0.25) is 0 Å². The van der Waals surface area contributed by atoms with Crippen molar-refractivity contribution in [1.82, 2.24) is 0 Å². The third kappa shape index (κ3) is 2.02. The van der Waals surface area contributed by atoms with E-state index in [-0.39, 0.29) is 0 Å². The van der Waals surface area contributed by atoms with E-state index in [1.165, 1.54) is 11.8 Å². The predicted molar refractivity (Wildman–Crippen MR) is 21.2 cm³/mol. The lowest BCUT2D eigenvalue weighted by molar-refractivity contribution is 1.60. The van der Waals surface area contributed by atoms with Gasteiger partial charge in [0, 0.05) is 0 Å². The van der Waals surface area contributed by atoms with Crippen molar-refractivity contribution in [3.05, 3.63) is 0 Å². The molecular formula is C2H4NS. The van der Waals surface area contributed by atoms with Crippen molar-refractivity contribution < 1.29 is 0 Å². The molecule has 0 aliphatic carbocycles. The van der Waals surface area contributed by atoms with Gasteiger partial charge in [0.1, 0.15) is 5.55 Å². The SMILES string of the molecule is CS[C]=N. The van der Waals surface area contributed by atoms with Gasteiger partial charge in [-0.25, -0.2) is 0 Å². The van der Waals surface area contributed by atoms with E-state index in [1.807, 2.05) is 0 Å². The summed E-state index contributed by atoms with van der Waals surface area (Å²) >= 11 is 1.27. The third-order valence-corrected chi connectivity index (χ3v) is 0.306. The maximum atomic E-state index is 6.16. The molecule has 0 atom stereocenters. The molecule has 0 aromatic rings. The molecule has 0 unspecified atom stereocenters. The maximum Gasteiger partial charge on any atom is 0.119 e. The van der Waals surface area contributed by atoms with E-state index >= 15 is 0 Å². The van der Waals surface area contributed by atoms with Gasteiger partial charge in [0.2, 0.25) is 0 Å². The predicted octanol–water partition coefficient (Wildman–Crippen LogP) is 0.833. The van der Waals surface area contributed by atoms with E-state index in [1.54, 1.807) is 6.26 Å². The normalized spacial score (nSPS) is 6.25. The fourth-order valence-electron chi connectivity index (χ4n) is 0. The summed E-state index contributed by atoms with van der Waals surface area (Å²) in [5.74, 6) is 0. The maximum absolute atomic E-state index is 6.16. The molecular weight excluding hydrogens is 70.1 g/mol. The van der Waals surface area contributed by atoms with Crippen molar-refractivity contribution in [2.45, 2.75) is 0 Å². The van der Waals surface area contributed by atoms with E-state index in [0.29, 0.717) is 0 Å². The Hall–Kier alpha value is 0.0200. The lowest BCUT2D eigenvalue weighted by atomic mass is 11.7. The highest BCUT2D eigenvalue weighted by Crippen LogP contribution is 1.74. The Morgan fingerprint density at radius 1 is 2.00 bits per heavy atom. The minimum Gasteiger partial charge on any atom is -0.292 e. The quantitative estimate of drug-likeness (QED) is 0.361. The van der Waals surface area contributed by atoms with Crippen LogP contribution in [0.1, 0.15) is 0 Å². The highest BCUT2D eigenvalue weighted by atomic mass is 32.2. The molecule has 0 spiro atoms. The van der Waals surface area contributed by atoms with Gasteiger partial charge in [-0.1, -0.05) is 0 Å². The molecule has 1 nitrogen and oxygen atoms in total. The Morgan fingerprint density at radius 2 is 2.25 bits per heavy atom. The first-order chi connectivity index (χ1) is 1.91. The van der Waals surface area contributed by atoms with Crippen LogP contribution in [0.25, 0.3) is 0 Å².